The van der Waals surface area contributed by atoms with E-state index in [1.807, 2.05) is 32.2 Å². The quantitative estimate of drug-likeness (QED) is 0.877. The van der Waals surface area contributed by atoms with Gasteiger partial charge in [-0.3, -0.25) is 4.79 Å². The highest BCUT2D eigenvalue weighted by molar-refractivity contribution is 6.00. The number of carbonyl (C=O) groups excluding carboxylic acids is 1. The van der Waals surface area contributed by atoms with Gasteiger partial charge in [-0.25, -0.2) is 0 Å². The minimum atomic E-state index is -0.119. The summed E-state index contributed by atoms with van der Waals surface area (Å²) < 4.78 is 11.1. The third-order valence-electron chi connectivity index (χ3n) is 3.82. The SMILES string of the molecule is CCOc1cccc2c1NC(=O)C1COCC1N2C. The van der Waals surface area contributed by atoms with E-state index in [2.05, 4.69) is 10.2 Å². The zero-order valence-electron chi connectivity index (χ0n) is 11.2. The number of nitrogens with zero attached hydrogens (tertiary/aromatic N) is 1. The second-order valence-electron chi connectivity index (χ2n) is 4.89. The van der Waals surface area contributed by atoms with Crippen molar-refractivity contribution in [2.45, 2.75) is 13.0 Å². The lowest BCUT2D eigenvalue weighted by atomic mass is 10.0. The summed E-state index contributed by atoms with van der Waals surface area (Å²) in [6.45, 7) is 3.59. The number of fused-ring (bicyclic) bond motifs is 2. The van der Waals surface area contributed by atoms with E-state index in [1.165, 1.54) is 0 Å². The zero-order valence-corrected chi connectivity index (χ0v) is 11.2. The summed E-state index contributed by atoms with van der Waals surface area (Å²) in [4.78, 5) is 14.4. The van der Waals surface area contributed by atoms with Crippen LogP contribution in [-0.4, -0.2) is 38.8 Å². The molecule has 3 rings (SSSR count). The van der Waals surface area contributed by atoms with Gasteiger partial charge in [0.05, 0.1) is 37.5 Å². The van der Waals surface area contributed by atoms with Crippen LogP contribution >= 0.6 is 0 Å². The fraction of sp³-hybridized carbons (Fsp3) is 0.500. The molecule has 1 N–H and O–H groups in total. The van der Waals surface area contributed by atoms with Crippen LogP contribution in [0.1, 0.15) is 6.92 Å². The van der Waals surface area contributed by atoms with Crippen LogP contribution in [-0.2, 0) is 9.53 Å². The summed E-state index contributed by atoms with van der Waals surface area (Å²) in [5.41, 5.74) is 1.75. The van der Waals surface area contributed by atoms with Gasteiger partial charge in [0.1, 0.15) is 11.4 Å². The van der Waals surface area contributed by atoms with Crippen LogP contribution in [0.5, 0.6) is 5.75 Å². The number of amides is 1. The first-order chi connectivity index (χ1) is 9.22. The maximum absolute atomic E-state index is 12.3. The summed E-state index contributed by atoms with van der Waals surface area (Å²) in [5.74, 6) is 0.619. The molecule has 2 aliphatic rings. The van der Waals surface area contributed by atoms with Gasteiger partial charge in [0.25, 0.3) is 0 Å². The van der Waals surface area contributed by atoms with E-state index in [1.54, 1.807) is 0 Å². The molecule has 2 aliphatic heterocycles. The molecule has 1 amide bonds. The predicted molar refractivity (Wildman–Crippen MR) is 72.7 cm³/mol. The van der Waals surface area contributed by atoms with E-state index in [9.17, 15) is 4.79 Å². The molecule has 102 valence electrons. The molecule has 0 aromatic heterocycles. The van der Waals surface area contributed by atoms with Gasteiger partial charge in [0.15, 0.2) is 0 Å². The second kappa shape index (κ2) is 4.74. The van der Waals surface area contributed by atoms with Crippen molar-refractivity contribution in [3.05, 3.63) is 18.2 Å². The molecule has 1 saturated heterocycles. The lowest BCUT2D eigenvalue weighted by Gasteiger charge is -2.27. The molecule has 0 aliphatic carbocycles. The van der Waals surface area contributed by atoms with Crippen LogP contribution in [0, 0.1) is 5.92 Å². The largest absolute Gasteiger partial charge is 0.492 e. The predicted octanol–water partition coefficient (Wildman–Crippen LogP) is 1.49. The van der Waals surface area contributed by atoms with Crippen molar-refractivity contribution < 1.29 is 14.3 Å². The normalized spacial score (nSPS) is 25.4. The molecule has 2 heterocycles. The molecule has 19 heavy (non-hydrogen) atoms. The summed E-state index contributed by atoms with van der Waals surface area (Å²) >= 11 is 0. The third-order valence-corrected chi connectivity index (χ3v) is 3.82. The molecule has 0 saturated carbocycles. The number of likely N-dealkylation sites (N-methyl/N-ethyl adjacent to an activating group) is 1. The van der Waals surface area contributed by atoms with E-state index in [0.717, 1.165) is 17.1 Å². The monoisotopic (exact) mass is 262 g/mol. The minimum Gasteiger partial charge on any atom is -0.492 e. The molecular weight excluding hydrogens is 244 g/mol. The van der Waals surface area contributed by atoms with Gasteiger partial charge in [-0.2, -0.15) is 0 Å². The molecule has 1 fully saturated rings. The molecule has 0 bridgehead atoms. The molecule has 1 aromatic rings. The van der Waals surface area contributed by atoms with E-state index in [0.29, 0.717) is 19.8 Å². The van der Waals surface area contributed by atoms with E-state index in [-0.39, 0.29) is 17.9 Å². The van der Waals surface area contributed by atoms with Crippen molar-refractivity contribution >= 4 is 17.3 Å². The Morgan fingerprint density at radius 3 is 3.11 bits per heavy atom. The smallest absolute Gasteiger partial charge is 0.232 e. The van der Waals surface area contributed by atoms with Gasteiger partial charge in [0, 0.05) is 7.05 Å². The second-order valence-corrected chi connectivity index (χ2v) is 4.89. The molecule has 0 radical (unpaired) electrons. The van der Waals surface area contributed by atoms with Gasteiger partial charge >= 0.3 is 0 Å². The van der Waals surface area contributed by atoms with Gasteiger partial charge in [-0.1, -0.05) is 6.07 Å². The van der Waals surface area contributed by atoms with Crippen LogP contribution in [0.15, 0.2) is 18.2 Å². The Morgan fingerprint density at radius 2 is 2.32 bits per heavy atom. The topological polar surface area (TPSA) is 50.8 Å². The van der Waals surface area contributed by atoms with E-state index < -0.39 is 0 Å². The Labute approximate surface area is 112 Å². The Morgan fingerprint density at radius 1 is 1.47 bits per heavy atom. The fourth-order valence-corrected chi connectivity index (χ4v) is 2.78. The standard InChI is InChI=1S/C14H18N2O3/c1-3-19-12-6-4-5-10-13(12)15-14(17)9-7-18-8-11(9)16(10)2/h4-6,9,11H,3,7-8H2,1-2H3,(H,15,17). The van der Waals surface area contributed by atoms with Crippen LogP contribution in [0.4, 0.5) is 11.4 Å². The van der Waals surface area contributed by atoms with E-state index in [4.69, 9.17) is 9.47 Å². The van der Waals surface area contributed by atoms with Crippen molar-refractivity contribution in [2.75, 3.05) is 37.1 Å². The molecule has 2 atom stereocenters. The summed E-state index contributed by atoms with van der Waals surface area (Å²) in [7, 11) is 2.00. The summed E-state index contributed by atoms with van der Waals surface area (Å²) in [6, 6.07) is 5.92. The first-order valence-corrected chi connectivity index (χ1v) is 6.59. The number of carbonyl (C=O) groups is 1. The van der Waals surface area contributed by atoms with Crippen molar-refractivity contribution in [3.63, 3.8) is 0 Å². The van der Waals surface area contributed by atoms with Gasteiger partial charge in [-0.15, -0.1) is 0 Å². The molecule has 1 aromatic carbocycles. The van der Waals surface area contributed by atoms with Crippen LogP contribution in [0.25, 0.3) is 0 Å². The average Bonchev–Trinajstić information content (AvgIpc) is 2.86. The van der Waals surface area contributed by atoms with Gasteiger partial charge < -0.3 is 19.7 Å². The number of hydrogen-bond donors (Lipinski definition) is 1. The summed E-state index contributed by atoms with van der Waals surface area (Å²) in [6.07, 6.45) is 0. The molecule has 5 heteroatoms. The van der Waals surface area contributed by atoms with Gasteiger partial charge in [0.2, 0.25) is 5.91 Å². The molecule has 2 unspecified atom stereocenters. The lowest BCUT2D eigenvalue weighted by molar-refractivity contribution is -0.120. The number of para-hydroxylation sites is 1. The Bertz CT molecular complexity index is 503. The fourth-order valence-electron chi connectivity index (χ4n) is 2.78. The first-order valence-electron chi connectivity index (χ1n) is 6.59. The van der Waals surface area contributed by atoms with Crippen LogP contribution < -0.4 is 15.0 Å². The highest BCUT2D eigenvalue weighted by Crippen LogP contribution is 2.40. The molecular formula is C14H18N2O3. The highest BCUT2D eigenvalue weighted by Gasteiger charge is 2.40. The highest BCUT2D eigenvalue weighted by atomic mass is 16.5. The number of nitrogens with one attached hydrogen (secondary N) is 1. The van der Waals surface area contributed by atoms with Crippen LogP contribution in [0.3, 0.4) is 0 Å². The minimum absolute atomic E-state index is 0.0141. The molecule has 0 spiro atoms. The molecule has 5 nitrogen and oxygen atoms in total. The van der Waals surface area contributed by atoms with Crippen molar-refractivity contribution in [1.82, 2.24) is 0 Å². The average molecular weight is 262 g/mol. The maximum atomic E-state index is 12.3. The maximum Gasteiger partial charge on any atom is 0.232 e. The number of hydrogen-bond acceptors (Lipinski definition) is 4. The van der Waals surface area contributed by atoms with Crippen molar-refractivity contribution in [2.24, 2.45) is 5.92 Å². The number of anilines is 2. The number of rotatable bonds is 2. The number of ether oxygens (including phenoxy) is 2. The Hall–Kier alpha value is -1.75. The van der Waals surface area contributed by atoms with Crippen molar-refractivity contribution in [1.29, 1.82) is 0 Å². The Kier molecular flexibility index (Phi) is 3.06. The lowest BCUT2D eigenvalue weighted by Crippen LogP contribution is -2.40. The van der Waals surface area contributed by atoms with Gasteiger partial charge in [-0.05, 0) is 19.1 Å². The number of benzene rings is 1. The van der Waals surface area contributed by atoms with E-state index >= 15 is 0 Å². The first kappa shape index (κ1) is 12.3. The van der Waals surface area contributed by atoms with Crippen LogP contribution in [0.2, 0.25) is 0 Å². The van der Waals surface area contributed by atoms with Crippen molar-refractivity contribution in [3.8, 4) is 5.75 Å². The zero-order chi connectivity index (χ0) is 13.4. The summed E-state index contributed by atoms with van der Waals surface area (Å²) in [5, 5.41) is 2.99. The Balaban J connectivity index is 2.06. The third kappa shape index (κ3) is 1.94.